The molecule has 2 aliphatic rings. The molecule has 2 aliphatic heterocycles. The molecule has 1 aromatic heterocycles. The lowest BCUT2D eigenvalue weighted by atomic mass is 9.87. The van der Waals surface area contributed by atoms with Crippen molar-refractivity contribution in [3.8, 4) is 11.1 Å². The molecule has 0 atom stereocenters. The molecule has 0 spiro atoms. The number of fused-ring (bicyclic) bond motifs is 1. The Kier molecular flexibility index (Phi) is 12.7. The number of aryl methyl sites for hydroxylation is 2. The standard InChI is InChI=1S/C47H56N4O2/c52-46(22-21-43-34-49-45-20-5-4-19-44(43)45)51(29-9-15-36-10-2-1-3-11-36)35-39-14-7-16-40(32-39)41-17-8-18-42(33-41)47(53)50-30-25-38(26-31-50)13-6-12-37-23-27-48-28-24-37/h1-5,7-8,10-11,14,16-20,32-34,37-38,48-49H,6,9,12-13,15,21-31,35H2. The lowest BCUT2D eigenvalue weighted by Crippen LogP contribution is -2.38. The van der Waals surface area contributed by atoms with E-state index in [1.54, 1.807) is 0 Å². The van der Waals surface area contributed by atoms with Gasteiger partial charge in [-0.25, -0.2) is 0 Å². The zero-order valence-corrected chi connectivity index (χ0v) is 31.3. The highest BCUT2D eigenvalue weighted by atomic mass is 16.2. The van der Waals surface area contributed by atoms with Crippen LogP contribution in [0.15, 0.2) is 109 Å². The first kappa shape index (κ1) is 36.7. The third kappa shape index (κ3) is 10.1. The Morgan fingerprint density at radius 2 is 1.40 bits per heavy atom. The summed E-state index contributed by atoms with van der Waals surface area (Å²) in [6.45, 7) is 5.32. The lowest BCUT2D eigenvalue weighted by molar-refractivity contribution is -0.131. The smallest absolute Gasteiger partial charge is 0.253 e. The molecule has 0 unspecified atom stereocenters. The summed E-state index contributed by atoms with van der Waals surface area (Å²) in [4.78, 5) is 35.0. The van der Waals surface area contributed by atoms with Gasteiger partial charge in [-0.2, -0.15) is 0 Å². The number of aromatic amines is 1. The van der Waals surface area contributed by atoms with Crippen molar-refractivity contribution >= 4 is 22.7 Å². The van der Waals surface area contributed by atoms with Crippen LogP contribution in [0, 0.1) is 11.8 Å². The molecule has 2 fully saturated rings. The molecule has 2 N–H and O–H groups in total. The Morgan fingerprint density at radius 1 is 0.698 bits per heavy atom. The zero-order chi connectivity index (χ0) is 36.2. The van der Waals surface area contributed by atoms with Crippen LogP contribution in [0.4, 0.5) is 0 Å². The van der Waals surface area contributed by atoms with Crippen molar-refractivity contribution in [2.45, 2.75) is 77.2 Å². The molecule has 0 radical (unpaired) electrons. The summed E-state index contributed by atoms with van der Waals surface area (Å²) in [5.41, 5.74) is 7.54. The first-order valence-electron chi connectivity index (χ1n) is 20.1. The number of rotatable bonds is 15. The molecule has 6 heteroatoms. The maximum atomic E-state index is 13.9. The Labute approximate surface area is 316 Å². The van der Waals surface area contributed by atoms with Gasteiger partial charge in [-0.05, 0) is 122 Å². The number of likely N-dealkylation sites (tertiary alicyclic amines) is 1. The highest BCUT2D eigenvalue weighted by Crippen LogP contribution is 2.28. The van der Waals surface area contributed by atoms with Gasteiger partial charge < -0.3 is 20.1 Å². The minimum absolute atomic E-state index is 0.140. The van der Waals surface area contributed by atoms with Gasteiger partial charge >= 0.3 is 0 Å². The fourth-order valence-electron chi connectivity index (χ4n) is 8.52. The van der Waals surface area contributed by atoms with Crippen LogP contribution < -0.4 is 5.32 Å². The first-order valence-corrected chi connectivity index (χ1v) is 20.1. The minimum atomic E-state index is 0.140. The average molecular weight is 709 g/mol. The number of benzene rings is 4. The van der Waals surface area contributed by atoms with E-state index in [2.05, 4.69) is 94.1 Å². The van der Waals surface area contributed by atoms with Crippen LogP contribution in [0.25, 0.3) is 22.0 Å². The number of piperidine rings is 2. The Morgan fingerprint density at radius 3 is 2.21 bits per heavy atom. The highest BCUT2D eigenvalue weighted by molar-refractivity contribution is 5.95. The molecule has 0 aliphatic carbocycles. The number of carbonyl (C=O) groups is 2. The van der Waals surface area contributed by atoms with E-state index < -0.39 is 0 Å². The lowest BCUT2D eigenvalue weighted by Gasteiger charge is -2.32. The quantitative estimate of drug-likeness (QED) is 0.114. The predicted octanol–water partition coefficient (Wildman–Crippen LogP) is 9.45. The van der Waals surface area contributed by atoms with Crippen LogP contribution in [0.5, 0.6) is 0 Å². The van der Waals surface area contributed by atoms with Crippen molar-refractivity contribution in [2.24, 2.45) is 11.8 Å². The Balaban J connectivity index is 0.970. The average Bonchev–Trinajstić information content (AvgIpc) is 3.63. The molecule has 3 heterocycles. The maximum absolute atomic E-state index is 13.9. The first-order chi connectivity index (χ1) is 26.1. The van der Waals surface area contributed by atoms with Gasteiger partial charge in [-0.3, -0.25) is 9.59 Å². The Bertz CT molecular complexity index is 1920. The van der Waals surface area contributed by atoms with Gasteiger partial charge in [-0.1, -0.05) is 98.1 Å². The largest absolute Gasteiger partial charge is 0.361 e. The molecular formula is C47H56N4O2. The van der Waals surface area contributed by atoms with Gasteiger partial charge in [0, 0.05) is 55.3 Å². The number of nitrogens with one attached hydrogen (secondary N) is 2. The predicted molar refractivity (Wildman–Crippen MR) is 217 cm³/mol. The molecule has 0 bridgehead atoms. The van der Waals surface area contributed by atoms with Crippen LogP contribution in [0.3, 0.4) is 0 Å². The van der Waals surface area contributed by atoms with E-state index >= 15 is 0 Å². The fourth-order valence-corrected chi connectivity index (χ4v) is 8.52. The number of carbonyl (C=O) groups excluding carboxylic acids is 2. The molecule has 2 amide bonds. The van der Waals surface area contributed by atoms with Gasteiger partial charge in [0.05, 0.1) is 0 Å². The second kappa shape index (κ2) is 18.4. The molecule has 2 saturated heterocycles. The van der Waals surface area contributed by atoms with Crippen LogP contribution in [0.1, 0.15) is 84.8 Å². The molecule has 7 rings (SSSR count). The number of hydrogen-bond donors (Lipinski definition) is 2. The molecule has 6 nitrogen and oxygen atoms in total. The van der Waals surface area contributed by atoms with Crippen LogP contribution in [-0.2, 0) is 24.2 Å². The van der Waals surface area contributed by atoms with Gasteiger partial charge in [0.2, 0.25) is 5.91 Å². The summed E-state index contributed by atoms with van der Waals surface area (Å²) in [7, 11) is 0. The van der Waals surface area contributed by atoms with Crippen molar-refractivity contribution in [2.75, 3.05) is 32.7 Å². The summed E-state index contributed by atoms with van der Waals surface area (Å²) in [5, 5.41) is 4.67. The summed E-state index contributed by atoms with van der Waals surface area (Å²) < 4.78 is 0. The van der Waals surface area contributed by atoms with Gasteiger partial charge in [0.1, 0.15) is 0 Å². The maximum Gasteiger partial charge on any atom is 0.253 e. The zero-order valence-electron chi connectivity index (χ0n) is 31.3. The molecular weight excluding hydrogens is 653 g/mol. The monoisotopic (exact) mass is 708 g/mol. The van der Waals surface area contributed by atoms with Gasteiger partial charge in [0.15, 0.2) is 0 Å². The molecule has 0 saturated carbocycles. The third-order valence-corrected chi connectivity index (χ3v) is 11.7. The van der Waals surface area contributed by atoms with Crippen molar-refractivity contribution in [3.63, 3.8) is 0 Å². The molecule has 4 aromatic carbocycles. The van der Waals surface area contributed by atoms with Crippen molar-refractivity contribution in [1.82, 2.24) is 20.1 Å². The van der Waals surface area contributed by atoms with E-state index in [1.165, 1.54) is 61.7 Å². The summed E-state index contributed by atoms with van der Waals surface area (Å²) >= 11 is 0. The van der Waals surface area contributed by atoms with Crippen LogP contribution in [0.2, 0.25) is 0 Å². The van der Waals surface area contributed by atoms with Gasteiger partial charge in [0.25, 0.3) is 5.91 Å². The number of nitrogens with zero attached hydrogens (tertiary/aromatic N) is 2. The van der Waals surface area contributed by atoms with E-state index in [9.17, 15) is 9.59 Å². The number of amides is 2. The van der Waals surface area contributed by atoms with Crippen molar-refractivity contribution in [3.05, 3.63) is 132 Å². The van der Waals surface area contributed by atoms with Crippen molar-refractivity contribution < 1.29 is 9.59 Å². The Hall–Kier alpha value is -4.68. The highest BCUT2D eigenvalue weighted by Gasteiger charge is 2.24. The topological polar surface area (TPSA) is 68.4 Å². The molecule has 53 heavy (non-hydrogen) atoms. The summed E-state index contributed by atoms with van der Waals surface area (Å²) in [5.74, 6) is 1.96. The van der Waals surface area contributed by atoms with E-state index in [0.717, 1.165) is 78.4 Å². The second-order valence-electron chi connectivity index (χ2n) is 15.4. The van der Waals surface area contributed by atoms with Crippen LogP contribution in [-0.4, -0.2) is 59.3 Å². The number of para-hydroxylation sites is 1. The van der Waals surface area contributed by atoms with E-state index in [1.807, 2.05) is 35.4 Å². The molecule has 276 valence electrons. The van der Waals surface area contributed by atoms with E-state index in [0.29, 0.717) is 25.9 Å². The van der Waals surface area contributed by atoms with E-state index in [-0.39, 0.29) is 11.8 Å². The fraction of sp³-hybridized carbons (Fsp3) is 0.404. The summed E-state index contributed by atoms with van der Waals surface area (Å²) in [6, 6.07) is 35.4. The minimum Gasteiger partial charge on any atom is -0.361 e. The summed E-state index contributed by atoms with van der Waals surface area (Å²) in [6.07, 6.45) is 13.9. The van der Waals surface area contributed by atoms with Gasteiger partial charge in [-0.15, -0.1) is 0 Å². The number of hydrogen-bond acceptors (Lipinski definition) is 3. The normalized spacial score (nSPS) is 15.5. The second-order valence-corrected chi connectivity index (χ2v) is 15.4. The van der Waals surface area contributed by atoms with Crippen LogP contribution >= 0.6 is 0 Å². The van der Waals surface area contributed by atoms with E-state index in [4.69, 9.17) is 0 Å². The number of H-pyrrole nitrogens is 1. The van der Waals surface area contributed by atoms with Crippen molar-refractivity contribution in [1.29, 1.82) is 0 Å². The number of aromatic nitrogens is 1. The SMILES string of the molecule is O=C(CCc1c[nH]c2ccccc12)N(CCCc1ccccc1)Cc1cccc(-c2cccc(C(=O)N3CCC(CCCC4CCNCC4)CC3)c2)c1. The third-order valence-electron chi connectivity index (χ3n) is 11.7. The molecule has 5 aromatic rings.